The van der Waals surface area contributed by atoms with Crippen LogP contribution in [0.4, 0.5) is 0 Å². The lowest BCUT2D eigenvalue weighted by molar-refractivity contribution is -0.140. The van der Waals surface area contributed by atoms with Gasteiger partial charge in [0.15, 0.2) is 0 Å². The predicted molar refractivity (Wildman–Crippen MR) is 110 cm³/mol. The number of nitrogens with one attached hydrogen (secondary N) is 1. The highest BCUT2D eigenvalue weighted by molar-refractivity contribution is 5.81. The van der Waals surface area contributed by atoms with Crippen LogP contribution in [-0.4, -0.2) is 29.3 Å². The molecule has 1 aliphatic carbocycles. The van der Waals surface area contributed by atoms with E-state index < -0.39 is 0 Å². The second kappa shape index (κ2) is 11.1. The van der Waals surface area contributed by atoms with Crippen LogP contribution in [-0.2, 0) is 16.1 Å². The SMILES string of the molecule is CCCCCNC(=O)C1CCC(C(=O)N(Cc2ccccc2)C(C)C)CC1. The Morgan fingerprint density at radius 3 is 2.26 bits per heavy atom. The van der Waals surface area contributed by atoms with Crippen molar-refractivity contribution in [1.82, 2.24) is 10.2 Å². The molecule has 0 bridgehead atoms. The topological polar surface area (TPSA) is 49.4 Å². The highest BCUT2D eigenvalue weighted by Crippen LogP contribution is 2.31. The van der Waals surface area contributed by atoms with Crippen molar-refractivity contribution in [2.75, 3.05) is 6.54 Å². The molecule has 1 aliphatic rings. The molecule has 0 saturated heterocycles. The molecule has 1 N–H and O–H groups in total. The first kappa shape index (κ1) is 21.5. The van der Waals surface area contributed by atoms with Crippen molar-refractivity contribution in [3.8, 4) is 0 Å². The molecule has 150 valence electrons. The second-order valence-corrected chi connectivity index (χ2v) is 8.09. The Hall–Kier alpha value is -1.84. The molecule has 0 aliphatic heterocycles. The number of hydrogen-bond acceptors (Lipinski definition) is 2. The first-order valence-electron chi connectivity index (χ1n) is 10.6. The van der Waals surface area contributed by atoms with Gasteiger partial charge < -0.3 is 10.2 Å². The molecule has 4 nitrogen and oxygen atoms in total. The van der Waals surface area contributed by atoms with Crippen LogP contribution >= 0.6 is 0 Å². The van der Waals surface area contributed by atoms with Crippen LogP contribution in [0, 0.1) is 11.8 Å². The van der Waals surface area contributed by atoms with Crippen molar-refractivity contribution in [2.45, 2.75) is 78.3 Å². The Bertz CT molecular complexity index is 577. The molecule has 1 saturated carbocycles. The Morgan fingerprint density at radius 2 is 1.67 bits per heavy atom. The van der Waals surface area contributed by atoms with Crippen LogP contribution in [0.3, 0.4) is 0 Å². The van der Waals surface area contributed by atoms with Gasteiger partial charge in [-0.2, -0.15) is 0 Å². The summed E-state index contributed by atoms with van der Waals surface area (Å²) in [6.45, 7) is 7.77. The zero-order chi connectivity index (χ0) is 19.6. The summed E-state index contributed by atoms with van der Waals surface area (Å²) in [5.41, 5.74) is 1.17. The number of amides is 2. The van der Waals surface area contributed by atoms with Crippen LogP contribution < -0.4 is 5.32 Å². The van der Waals surface area contributed by atoms with E-state index in [-0.39, 0.29) is 29.7 Å². The van der Waals surface area contributed by atoms with Crippen molar-refractivity contribution < 1.29 is 9.59 Å². The minimum Gasteiger partial charge on any atom is -0.356 e. The third-order valence-electron chi connectivity index (χ3n) is 5.63. The summed E-state index contributed by atoms with van der Waals surface area (Å²) in [6, 6.07) is 10.4. The quantitative estimate of drug-likeness (QED) is 0.647. The molecule has 27 heavy (non-hydrogen) atoms. The molecule has 0 atom stereocenters. The Morgan fingerprint density at radius 1 is 1.04 bits per heavy atom. The van der Waals surface area contributed by atoms with Crippen molar-refractivity contribution >= 4 is 11.8 Å². The maximum atomic E-state index is 13.1. The summed E-state index contributed by atoms with van der Waals surface area (Å²) < 4.78 is 0. The van der Waals surface area contributed by atoms with E-state index in [1.807, 2.05) is 23.1 Å². The molecule has 4 heteroatoms. The summed E-state index contributed by atoms with van der Waals surface area (Å²) in [5.74, 6) is 0.565. The predicted octanol–water partition coefficient (Wildman–Crippen LogP) is 4.54. The van der Waals surface area contributed by atoms with Gasteiger partial charge in [-0.3, -0.25) is 9.59 Å². The maximum Gasteiger partial charge on any atom is 0.226 e. The summed E-state index contributed by atoms with van der Waals surface area (Å²) in [6.07, 6.45) is 6.68. The van der Waals surface area contributed by atoms with Crippen LogP contribution in [0.25, 0.3) is 0 Å². The fourth-order valence-electron chi connectivity index (χ4n) is 3.86. The second-order valence-electron chi connectivity index (χ2n) is 8.09. The van der Waals surface area contributed by atoms with Crippen LogP contribution in [0.1, 0.15) is 71.3 Å². The molecule has 0 spiro atoms. The lowest BCUT2D eigenvalue weighted by Gasteiger charge is -2.34. The fourth-order valence-corrected chi connectivity index (χ4v) is 3.86. The zero-order valence-electron chi connectivity index (χ0n) is 17.2. The van der Waals surface area contributed by atoms with Gasteiger partial charge in [0, 0.05) is 31.0 Å². The molecule has 1 aromatic rings. The zero-order valence-corrected chi connectivity index (χ0v) is 17.2. The van der Waals surface area contributed by atoms with Gasteiger partial charge in [-0.1, -0.05) is 50.1 Å². The Balaban J connectivity index is 1.84. The Kier molecular flexibility index (Phi) is 8.83. The Labute approximate surface area is 164 Å². The van der Waals surface area contributed by atoms with E-state index in [1.165, 1.54) is 12.0 Å². The average molecular weight is 373 g/mol. The van der Waals surface area contributed by atoms with E-state index in [0.717, 1.165) is 45.1 Å². The first-order valence-corrected chi connectivity index (χ1v) is 10.6. The van der Waals surface area contributed by atoms with Gasteiger partial charge in [-0.05, 0) is 51.5 Å². The van der Waals surface area contributed by atoms with Crippen LogP contribution in [0.2, 0.25) is 0 Å². The van der Waals surface area contributed by atoms with Gasteiger partial charge in [0.05, 0.1) is 0 Å². The number of rotatable bonds is 9. The van der Waals surface area contributed by atoms with E-state index in [4.69, 9.17) is 0 Å². The number of carbonyl (C=O) groups is 2. The standard InChI is InChI=1S/C23H36N2O2/c1-4-5-9-16-24-22(26)20-12-14-21(15-13-20)23(27)25(18(2)3)17-19-10-7-6-8-11-19/h6-8,10-11,18,20-21H,4-5,9,12-17H2,1-3H3,(H,24,26). The van der Waals surface area contributed by atoms with Gasteiger partial charge in [-0.25, -0.2) is 0 Å². The van der Waals surface area contributed by atoms with Crippen molar-refractivity contribution in [1.29, 1.82) is 0 Å². The highest BCUT2D eigenvalue weighted by Gasteiger charge is 2.32. The molecule has 2 amide bonds. The summed E-state index contributed by atoms with van der Waals surface area (Å²) >= 11 is 0. The van der Waals surface area contributed by atoms with Crippen LogP contribution in [0.5, 0.6) is 0 Å². The monoisotopic (exact) mass is 372 g/mol. The lowest BCUT2D eigenvalue weighted by atomic mass is 9.80. The molecular formula is C23H36N2O2. The number of benzene rings is 1. The lowest BCUT2D eigenvalue weighted by Crippen LogP contribution is -2.42. The molecule has 1 aromatic carbocycles. The summed E-state index contributed by atoms with van der Waals surface area (Å²) in [7, 11) is 0. The molecule has 0 radical (unpaired) electrons. The van der Waals surface area contributed by atoms with E-state index >= 15 is 0 Å². The number of unbranched alkanes of at least 4 members (excludes halogenated alkanes) is 2. The van der Waals surface area contributed by atoms with E-state index in [2.05, 4.69) is 38.2 Å². The van der Waals surface area contributed by atoms with Crippen molar-refractivity contribution in [2.24, 2.45) is 11.8 Å². The molecule has 0 aromatic heterocycles. The smallest absolute Gasteiger partial charge is 0.226 e. The van der Waals surface area contributed by atoms with E-state index in [9.17, 15) is 9.59 Å². The minimum atomic E-state index is 0.0558. The van der Waals surface area contributed by atoms with E-state index in [0.29, 0.717) is 6.54 Å². The first-order chi connectivity index (χ1) is 13.0. The molecular weight excluding hydrogens is 336 g/mol. The van der Waals surface area contributed by atoms with Gasteiger partial charge in [-0.15, -0.1) is 0 Å². The van der Waals surface area contributed by atoms with E-state index in [1.54, 1.807) is 0 Å². The third kappa shape index (κ3) is 6.67. The molecule has 0 heterocycles. The summed E-state index contributed by atoms with van der Waals surface area (Å²) in [5, 5.41) is 3.07. The minimum absolute atomic E-state index is 0.0558. The van der Waals surface area contributed by atoms with Crippen molar-refractivity contribution in [3.05, 3.63) is 35.9 Å². The number of nitrogens with zero attached hydrogens (tertiary/aromatic N) is 1. The normalized spacial score (nSPS) is 19.7. The van der Waals surface area contributed by atoms with Crippen molar-refractivity contribution in [3.63, 3.8) is 0 Å². The molecule has 1 fully saturated rings. The average Bonchev–Trinajstić information content (AvgIpc) is 2.69. The van der Waals surface area contributed by atoms with Gasteiger partial charge in [0.2, 0.25) is 11.8 Å². The number of hydrogen-bond donors (Lipinski definition) is 1. The fraction of sp³-hybridized carbons (Fsp3) is 0.652. The van der Waals surface area contributed by atoms with Gasteiger partial charge in [0.1, 0.15) is 0 Å². The molecule has 2 rings (SSSR count). The van der Waals surface area contributed by atoms with Gasteiger partial charge >= 0.3 is 0 Å². The molecule has 0 unspecified atom stereocenters. The maximum absolute atomic E-state index is 13.1. The third-order valence-corrected chi connectivity index (χ3v) is 5.63. The largest absolute Gasteiger partial charge is 0.356 e. The van der Waals surface area contributed by atoms with Crippen LogP contribution in [0.15, 0.2) is 30.3 Å². The van der Waals surface area contributed by atoms with Gasteiger partial charge in [0.25, 0.3) is 0 Å². The summed E-state index contributed by atoms with van der Waals surface area (Å²) in [4.78, 5) is 27.4. The highest BCUT2D eigenvalue weighted by atomic mass is 16.2. The number of carbonyl (C=O) groups excluding carboxylic acids is 2.